The molecule has 1 aliphatic rings. The van der Waals surface area contributed by atoms with Crippen LogP contribution < -0.4 is 5.32 Å². The van der Waals surface area contributed by atoms with Crippen molar-refractivity contribution in [3.05, 3.63) is 5.89 Å². The van der Waals surface area contributed by atoms with Crippen LogP contribution in [0.25, 0.3) is 0 Å². The van der Waals surface area contributed by atoms with Gasteiger partial charge in [0.15, 0.2) is 0 Å². The number of aryl methyl sites for hydroxylation is 1. The van der Waals surface area contributed by atoms with E-state index in [4.69, 9.17) is 4.42 Å². The van der Waals surface area contributed by atoms with Gasteiger partial charge in [-0.2, -0.15) is 0 Å². The summed E-state index contributed by atoms with van der Waals surface area (Å²) in [6.45, 7) is 5.03. The van der Waals surface area contributed by atoms with Gasteiger partial charge < -0.3 is 9.73 Å². The molecule has 0 amide bonds. The normalized spacial score (nSPS) is 18.7. The lowest BCUT2D eigenvalue weighted by atomic mass is 10.00. The van der Waals surface area contributed by atoms with Crippen molar-refractivity contribution >= 4 is 11.8 Å². The maximum atomic E-state index is 5.39. The number of aromatic nitrogens is 2. The first-order valence-corrected chi connectivity index (χ1v) is 7.44. The number of nitrogens with zero attached hydrogens (tertiary/aromatic N) is 2. The zero-order valence-corrected chi connectivity index (χ0v) is 11.4. The first-order chi connectivity index (χ1) is 8.29. The molecule has 0 aliphatic heterocycles. The van der Waals surface area contributed by atoms with Gasteiger partial charge in [0.1, 0.15) is 0 Å². The zero-order chi connectivity index (χ0) is 12.1. The summed E-state index contributed by atoms with van der Waals surface area (Å²) in [6.07, 6.45) is 5.50. The van der Waals surface area contributed by atoms with Crippen molar-refractivity contribution in [2.45, 2.75) is 50.8 Å². The van der Waals surface area contributed by atoms with Crippen molar-refractivity contribution in [1.29, 1.82) is 0 Å². The van der Waals surface area contributed by atoms with Crippen molar-refractivity contribution in [2.75, 3.05) is 12.3 Å². The van der Waals surface area contributed by atoms with E-state index in [0.717, 1.165) is 18.2 Å². The smallest absolute Gasteiger partial charge is 0.276 e. The molecule has 96 valence electrons. The minimum atomic E-state index is 0.583. The highest BCUT2D eigenvalue weighted by Crippen LogP contribution is 2.30. The molecular weight excluding hydrogens is 234 g/mol. The Morgan fingerprint density at radius 1 is 1.41 bits per heavy atom. The van der Waals surface area contributed by atoms with Crippen molar-refractivity contribution in [2.24, 2.45) is 5.92 Å². The molecule has 17 heavy (non-hydrogen) atoms. The molecule has 1 unspecified atom stereocenters. The first-order valence-electron chi connectivity index (χ1n) is 6.46. The predicted octanol–water partition coefficient (Wildman–Crippen LogP) is 2.64. The highest BCUT2D eigenvalue weighted by Gasteiger charge is 2.24. The fourth-order valence-corrected chi connectivity index (χ4v) is 3.47. The fraction of sp³-hybridized carbons (Fsp3) is 0.833. The molecule has 4 nitrogen and oxygen atoms in total. The van der Waals surface area contributed by atoms with E-state index in [1.165, 1.54) is 25.7 Å². The Balaban J connectivity index is 1.84. The summed E-state index contributed by atoms with van der Waals surface area (Å²) >= 11 is 1.67. The Kier molecular flexibility index (Phi) is 4.86. The predicted molar refractivity (Wildman–Crippen MR) is 69.2 cm³/mol. The van der Waals surface area contributed by atoms with Crippen LogP contribution in [0.1, 0.15) is 38.5 Å². The van der Waals surface area contributed by atoms with Crippen LogP contribution in [-0.2, 0) is 0 Å². The molecule has 0 radical (unpaired) electrons. The second-order valence-corrected chi connectivity index (χ2v) is 5.58. The van der Waals surface area contributed by atoms with Crippen LogP contribution in [0.5, 0.6) is 0 Å². The van der Waals surface area contributed by atoms with Gasteiger partial charge in [-0.1, -0.05) is 31.5 Å². The minimum absolute atomic E-state index is 0.583. The molecule has 1 saturated carbocycles. The molecule has 5 heteroatoms. The molecular formula is C12H21N3OS. The monoisotopic (exact) mass is 255 g/mol. The van der Waals surface area contributed by atoms with Gasteiger partial charge in [0.2, 0.25) is 5.89 Å². The lowest BCUT2D eigenvalue weighted by molar-refractivity contribution is 0.391. The van der Waals surface area contributed by atoms with Crippen LogP contribution in [-0.4, -0.2) is 28.5 Å². The van der Waals surface area contributed by atoms with E-state index in [1.807, 2.05) is 6.92 Å². The number of rotatable bonds is 6. The summed E-state index contributed by atoms with van der Waals surface area (Å²) in [6, 6.07) is 0.583. The average Bonchev–Trinajstić information content (AvgIpc) is 2.95. The largest absolute Gasteiger partial charge is 0.416 e. The molecule has 1 aromatic rings. The van der Waals surface area contributed by atoms with E-state index in [2.05, 4.69) is 22.4 Å². The van der Waals surface area contributed by atoms with Crippen molar-refractivity contribution in [1.82, 2.24) is 15.5 Å². The molecule has 1 atom stereocenters. The van der Waals surface area contributed by atoms with Crippen LogP contribution in [0, 0.1) is 12.8 Å². The van der Waals surface area contributed by atoms with Crippen LogP contribution in [0.2, 0.25) is 0 Å². The molecule has 1 heterocycles. The zero-order valence-electron chi connectivity index (χ0n) is 10.6. The summed E-state index contributed by atoms with van der Waals surface area (Å²) in [5, 5.41) is 12.2. The maximum absolute atomic E-state index is 5.39. The molecule has 0 spiro atoms. The number of hydrogen-bond donors (Lipinski definition) is 1. The molecule has 1 aromatic heterocycles. The molecule has 0 bridgehead atoms. The molecule has 0 aromatic carbocycles. The van der Waals surface area contributed by atoms with Gasteiger partial charge in [0.25, 0.3) is 5.22 Å². The summed E-state index contributed by atoms with van der Waals surface area (Å²) < 4.78 is 5.39. The third-order valence-corrected chi connectivity index (χ3v) is 4.27. The molecule has 1 N–H and O–H groups in total. The Morgan fingerprint density at radius 3 is 2.76 bits per heavy atom. The molecule has 0 saturated heterocycles. The highest BCUT2D eigenvalue weighted by atomic mass is 32.2. The van der Waals surface area contributed by atoms with Crippen molar-refractivity contribution in [3.8, 4) is 0 Å². The summed E-state index contributed by atoms with van der Waals surface area (Å²) in [4.78, 5) is 0. The third kappa shape index (κ3) is 3.71. The quantitative estimate of drug-likeness (QED) is 0.792. The SMILES string of the molecule is CCNC(CSc1nnc(C)o1)C1CCCC1. The Bertz CT molecular complexity index is 336. The lowest BCUT2D eigenvalue weighted by Crippen LogP contribution is -2.37. The van der Waals surface area contributed by atoms with Gasteiger partial charge in [-0.3, -0.25) is 0 Å². The van der Waals surface area contributed by atoms with Gasteiger partial charge in [-0.05, 0) is 25.3 Å². The topological polar surface area (TPSA) is 51.0 Å². The van der Waals surface area contributed by atoms with E-state index < -0.39 is 0 Å². The number of hydrogen-bond acceptors (Lipinski definition) is 5. The highest BCUT2D eigenvalue weighted by molar-refractivity contribution is 7.99. The Labute approximate surface area is 107 Å². The fourth-order valence-electron chi connectivity index (χ4n) is 2.48. The maximum Gasteiger partial charge on any atom is 0.276 e. The standard InChI is InChI=1S/C12H21N3OS/c1-3-13-11(10-6-4-5-7-10)8-17-12-15-14-9(2)16-12/h10-11,13H,3-8H2,1-2H3. The first kappa shape index (κ1) is 12.9. The molecule has 1 aliphatic carbocycles. The third-order valence-electron chi connectivity index (χ3n) is 3.33. The number of thioether (sulfide) groups is 1. The van der Waals surface area contributed by atoms with Crippen LogP contribution in [0.4, 0.5) is 0 Å². The van der Waals surface area contributed by atoms with Gasteiger partial charge in [-0.15, -0.1) is 10.2 Å². The van der Waals surface area contributed by atoms with Crippen LogP contribution >= 0.6 is 11.8 Å². The van der Waals surface area contributed by atoms with E-state index in [1.54, 1.807) is 11.8 Å². The van der Waals surface area contributed by atoms with E-state index in [0.29, 0.717) is 17.2 Å². The summed E-state index contributed by atoms with van der Waals surface area (Å²) in [5.74, 6) is 2.50. The number of nitrogens with one attached hydrogen (secondary N) is 1. The second kappa shape index (κ2) is 6.40. The molecule has 2 rings (SSSR count). The van der Waals surface area contributed by atoms with Gasteiger partial charge in [0, 0.05) is 18.7 Å². The molecule has 1 fully saturated rings. The van der Waals surface area contributed by atoms with E-state index in [9.17, 15) is 0 Å². The average molecular weight is 255 g/mol. The Hall–Kier alpha value is -0.550. The lowest BCUT2D eigenvalue weighted by Gasteiger charge is -2.23. The Morgan fingerprint density at radius 2 is 2.18 bits per heavy atom. The minimum Gasteiger partial charge on any atom is -0.416 e. The second-order valence-electron chi connectivity index (χ2n) is 4.61. The summed E-state index contributed by atoms with van der Waals surface area (Å²) in [7, 11) is 0. The van der Waals surface area contributed by atoms with Gasteiger partial charge >= 0.3 is 0 Å². The van der Waals surface area contributed by atoms with Gasteiger partial charge in [0.05, 0.1) is 0 Å². The van der Waals surface area contributed by atoms with Crippen LogP contribution in [0.15, 0.2) is 9.64 Å². The van der Waals surface area contributed by atoms with Crippen molar-refractivity contribution in [3.63, 3.8) is 0 Å². The van der Waals surface area contributed by atoms with Crippen molar-refractivity contribution < 1.29 is 4.42 Å². The summed E-state index contributed by atoms with van der Waals surface area (Å²) in [5.41, 5.74) is 0. The van der Waals surface area contributed by atoms with Gasteiger partial charge in [-0.25, -0.2) is 0 Å². The van der Waals surface area contributed by atoms with E-state index in [-0.39, 0.29) is 0 Å². The van der Waals surface area contributed by atoms with E-state index >= 15 is 0 Å². The van der Waals surface area contributed by atoms with Crippen LogP contribution in [0.3, 0.4) is 0 Å².